The summed E-state index contributed by atoms with van der Waals surface area (Å²) in [4.78, 5) is 4.58. The van der Waals surface area contributed by atoms with Gasteiger partial charge in [0.2, 0.25) is 0 Å². The van der Waals surface area contributed by atoms with E-state index in [2.05, 4.69) is 16.8 Å². The summed E-state index contributed by atoms with van der Waals surface area (Å²) in [7, 11) is 0. The number of rotatable bonds is 3. The maximum absolute atomic E-state index is 8.82. The molecule has 0 amide bonds. The van der Waals surface area contributed by atoms with Crippen LogP contribution < -0.4 is 0 Å². The van der Waals surface area contributed by atoms with Gasteiger partial charge in [0.1, 0.15) is 0 Å². The molecule has 0 heterocycles. The van der Waals surface area contributed by atoms with Crippen LogP contribution in [0.5, 0.6) is 0 Å². The Morgan fingerprint density at radius 2 is 1.88 bits per heavy atom. The van der Waals surface area contributed by atoms with E-state index in [0.29, 0.717) is 4.62 Å². The molecular weight excluding hydrogens is 207 g/mol. The van der Waals surface area contributed by atoms with E-state index < -0.39 is 18.4 Å². The van der Waals surface area contributed by atoms with Crippen molar-refractivity contribution < 1.29 is 5.11 Å². The van der Waals surface area contributed by atoms with Crippen LogP contribution in [0, 0.1) is 0 Å². The summed E-state index contributed by atoms with van der Waals surface area (Å²) in [5.41, 5.74) is 0. The second kappa shape index (κ2) is 3.72. The molecule has 0 aromatic heterocycles. The number of aliphatic hydroxyl groups is 1. The van der Waals surface area contributed by atoms with Crippen LogP contribution >= 0.6 is 0 Å². The van der Waals surface area contributed by atoms with Gasteiger partial charge < -0.3 is 0 Å². The molecule has 0 saturated carbocycles. The van der Waals surface area contributed by atoms with Gasteiger partial charge in [-0.1, -0.05) is 0 Å². The molecule has 0 spiro atoms. The van der Waals surface area contributed by atoms with Crippen LogP contribution in [-0.4, -0.2) is 28.1 Å². The van der Waals surface area contributed by atoms with Gasteiger partial charge in [-0.25, -0.2) is 0 Å². The number of aliphatic hydroxyl groups excluding tert-OH is 1. The predicted octanol–water partition coefficient (Wildman–Crippen LogP) is 1.64. The Hall–Kier alpha value is 0.759. The van der Waals surface area contributed by atoms with Crippen molar-refractivity contribution in [3.05, 3.63) is 0 Å². The SMILES string of the molecule is CC[CH2][Sn]([CH3])([CH3])[CH2]O. The molecule has 0 radical (unpaired) electrons. The maximum atomic E-state index is 8.82. The van der Waals surface area contributed by atoms with Crippen molar-refractivity contribution >= 4 is 18.4 Å². The van der Waals surface area contributed by atoms with Crippen LogP contribution in [0.3, 0.4) is 0 Å². The third-order valence-corrected chi connectivity index (χ3v) is 9.09. The fraction of sp³-hybridized carbons (Fsp3) is 1.00. The molecule has 1 nitrogen and oxygen atoms in total. The fourth-order valence-electron chi connectivity index (χ4n) is 0.756. The summed E-state index contributed by atoms with van der Waals surface area (Å²) < 4.78 is 1.84. The van der Waals surface area contributed by atoms with Gasteiger partial charge in [-0.2, -0.15) is 0 Å². The second-order valence-corrected chi connectivity index (χ2v) is 17.8. The summed E-state index contributed by atoms with van der Waals surface area (Å²) in [6.45, 7) is 2.19. The number of hydrogen-bond acceptors (Lipinski definition) is 1. The summed E-state index contributed by atoms with van der Waals surface area (Å²) in [5.74, 6) is 0. The average Bonchev–Trinajstić information content (AvgIpc) is 1.67. The van der Waals surface area contributed by atoms with Crippen LogP contribution in [0.25, 0.3) is 0 Å². The van der Waals surface area contributed by atoms with Crippen molar-refractivity contribution in [1.82, 2.24) is 0 Å². The van der Waals surface area contributed by atoms with E-state index in [9.17, 15) is 0 Å². The standard InChI is InChI=1S/C3H7.CH3O.2CH3.Sn/c1-3-2;1-2;;;/h1,3H2,2H3;2H,1H2;2*1H3;. The minimum atomic E-state index is -1.77. The van der Waals surface area contributed by atoms with E-state index in [1.165, 1.54) is 10.9 Å². The van der Waals surface area contributed by atoms with Gasteiger partial charge in [-0.3, -0.25) is 0 Å². The summed E-state index contributed by atoms with van der Waals surface area (Å²) in [6, 6.07) is 0. The van der Waals surface area contributed by atoms with Crippen LogP contribution in [0.2, 0.25) is 14.3 Å². The predicted molar refractivity (Wildman–Crippen MR) is 39.7 cm³/mol. The molecule has 0 atom stereocenters. The molecule has 0 aliphatic heterocycles. The third kappa shape index (κ3) is 3.72. The van der Waals surface area contributed by atoms with Crippen LogP contribution in [0.15, 0.2) is 0 Å². The molecule has 0 fully saturated rings. The minimum absolute atomic E-state index is 0.516. The molecule has 0 unspecified atom stereocenters. The normalized spacial score (nSPS) is 12.0. The van der Waals surface area contributed by atoms with Crippen molar-refractivity contribution in [2.45, 2.75) is 27.7 Å². The van der Waals surface area contributed by atoms with Gasteiger partial charge in [0.15, 0.2) is 0 Å². The first-order chi connectivity index (χ1) is 3.62. The molecule has 2 heteroatoms. The van der Waals surface area contributed by atoms with E-state index in [0.717, 1.165) is 0 Å². The van der Waals surface area contributed by atoms with Crippen LogP contribution in [0.4, 0.5) is 0 Å². The fourth-order valence-corrected chi connectivity index (χ4v) is 5.07. The first-order valence-electron chi connectivity index (χ1n) is 3.23. The molecule has 0 aromatic carbocycles. The molecule has 0 saturated heterocycles. The van der Waals surface area contributed by atoms with Gasteiger partial charge >= 0.3 is 55.8 Å². The van der Waals surface area contributed by atoms with Crippen molar-refractivity contribution in [3.8, 4) is 0 Å². The second-order valence-electron chi connectivity index (χ2n) is 3.07. The van der Waals surface area contributed by atoms with Crippen molar-refractivity contribution in [1.29, 1.82) is 0 Å². The number of hydrogen-bond donors (Lipinski definition) is 1. The molecule has 0 aliphatic rings. The first kappa shape index (κ1) is 8.76. The van der Waals surface area contributed by atoms with E-state index >= 15 is 0 Å². The molecule has 0 aromatic rings. The van der Waals surface area contributed by atoms with Crippen LogP contribution in [0.1, 0.15) is 13.3 Å². The summed E-state index contributed by atoms with van der Waals surface area (Å²) in [6.07, 6.45) is 1.25. The molecular formula is C6H16OSn. The van der Waals surface area contributed by atoms with Gasteiger partial charge in [-0.15, -0.1) is 0 Å². The Balaban J connectivity index is 3.37. The first-order valence-corrected chi connectivity index (χ1v) is 13.0. The van der Waals surface area contributed by atoms with Gasteiger partial charge in [0.25, 0.3) is 0 Å². The van der Waals surface area contributed by atoms with E-state index in [4.69, 9.17) is 5.11 Å². The zero-order valence-corrected chi connectivity index (χ0v) is 8.92. The summed E-state index contributed by atoms with van der Waals surface area (Å²) >= 11 is -1.77. The van der Waals surface area contributed by atoms with Gasteiger partial charge in [0, 0.05) is 0 Å². The Morgan fingerprint density at radius 1 is 1.38 bits per heavy atom. The molecule has 0 bridgehead atoms. The average molecular weight is 223 g/mol. The van der Waals surface area contributed by atoms with Crippen molar-refractivity contribution in [2.24, 2.45) is 0 Å². The van der Waals surface area contributed by atoms with Crippen LogP contribution in [-0.2, 0) is 0 Å². The Labute approximate surface area is 56.0 Å². The molecule has 0 aliphatic carbocycles. The Kier molecular flexibility index (Phi) is 4.07. The van der Waals surface area contributed by atoms with E-state index in [1.807, 2.05) is 0 Å². The van der Waals surface area contributed by atoms with Crippen molar-refractivity contribution in [3.63, 3.8) is 0 Å². The molecule has 1 N–H and O–H groups in total. The zero-order chi connectivity index (χ0) is 6.62. The summed E-state index contributed by atoms with van der Waals surface area (Å²) in [5, 5.41) is 8.82. The Bertz CT molecular complexity index is 61.5. The monoisotopic (exact) mass is 224 g/mol. The van der Waals surface area contributed by atoms with E-state index in [-0.39, 0.29) is 0 Å². The molecule has 0 rings (SSSR count). The Morgan fingerprint density at radius 3 is 2.00 bits per heavy atom. The quantitative estimate of drug-likeness (QED) is 0.721. The van der Waals surface area contributed by atoms with Gasteiger partial charge in [0.05, 0.1) is 0 Å². The topological polar surface area (TPSA) is 20.2 Å². The van der Waals surface area contributed by atoms with E-state index in [1.54, 1.807) is 0 Å². The zero-order valence-electron chi connectivity index (χ0n) is 6.07. The molecule has 8 heavy (non-hydrogen) atoms. The third-order valence-electron chi connectivity index (χ3n) is 1.35. The molecule has 50 valence electrons. The van der Waals surface area contributed by atoms with Gasteiger partial charge in [-0.05, 0) is 0 Å². The van der Waals surface area contributed by atoms with Crippen molar-refractivity contribution in [2.75, 3.05) is 4.62 Å².